The number of carbonyl (C=O) groups excluding carboxylic acids is 1. The number of nitrogens with one attached hydrogen (secondary N) is 1. The molecule has 7 N–H and O–H groups in total. The molecule has 0 saturated carbocycles. The largest absolute Gasteiger partial charge is 0.397 e. The minimum absolute atomic E-state index is 0.229. The van der Waals surface area contributed by atoms with E-state index in [0.717, 1.165) is 70.6 Å². The van der Waals surface area contributed by atoms with Crippen LogP contribution in [0.25, 0.3) is 0 Å². The van der Waals surface area contributed by atoms with Gasteiger partial charge in [-0.3, -0.25) is 9.35 Å². The zero-order chi connectivity index (χ0) is 43.6. The van der Waals surface area contributed by atoms with Crippen LogP contribution in [0.15, 0.2) is 36.5 Å². The maximum atomic E-state index is 13.1. The highest BCUT2D eigenvalue weighted by atomic mass is 32.3. The summed E-state index contributed by atoms with van der Waals surface area (Å²) in [7, 11) is -5.12. The van der Waals surface area contributed by atoms with Gasteiger partial charge in [0.25, 0.3) is 0 Å². The van der Waals surface area contributed by atoms with Crippen molar-refractivity contribution in [3.05, 3.63) is 36.5 Å². The summed E-state index contributed by atoms with van der Waals surface area (Å²) in [6.45, 7) is 3.13. The van der Waals surface area contributed by atoms with E-state index in [-0.39, 0.29) is 6.42 Å². The number of aliphatic hydroxyl groups is 5. The molecule has 346 valence electrons. The molecule has 1 aliphatic rings. The fourth-order valence-corrected chi connectivity index (χ4v) is 7.57. The molecule has 1 saturated heterocycles. The molecule has 1 rings (SSSR count). The summed E-state index contributed by atoms with van der Waals surface area (Å²) in [5.41, 5.74) is 0. The van der Waals surface area contributed by atoms with Crippen LogP contribution in [-0.4, -0.2) is 107 Å². The van der Waals surface area contributed by atoms with E-state index in [2.05, 4.69) is 47.7 Å². The van der Waals surface area contributed by atoms with Gasteiger partial charge in [0.2, 0.25) is 5.91 Å². The van der Waals surface area contributed by atoms with Gasteiger partial charge in [-0.05, 0) is 57.8 Å². The molecule has 0 aromatic heterocycles. The van der Waals surface area contributed by atoms with Crippen LogP contribution in [0, 0.1) is 0 Å². The lowest BCUT2D eigenvalue weighted by atomic mass is 9.99. The molecular formula is C45H83NO12S. The average molecular weight is 862 g/mol. The zero-order valence-electron chi connectivity index (χ0n) is 36.4. The van der Waals surface area contributed by atoms with E-state index in [1.807, 2.05) is 0 Å². The van der Waals surface area contributed by atoms with Crippen molar-refractivity contribution in [2.75, 3.05) is 13.2 Å². The first-order valence-electron chi connectivity index (χ1n) is 23.0. The number of ether oxygens (including phenoxy) is 2. The molecule has 13 nitrogen and oxygen atoms in total. The molecular weight excluding hydrogens is 779 g/mol. The first-order valence-corrected chi connectivity index (χ1v) is 24.3. The van der Waals surface area contributed by atoms with Gasteiger partial charge < -0.3 is 40.3 Å². The number of amides is 1. The predicted molar refractivity (Wildman–Crippen MR) is 233 cm³/mol. The van der Waals surface area contributed by atoms with Crippen molar-refractivity contribution in [1.29, 1.82) is 0 Å². The molecule has 0 aromatic carbocycles. The van der Waals surface area contributed by atoms with Gasteiger partial charge in [-0.15, -0.1) is 0 Å². The summed E-state index contributed by atoms with van der Waals surface area (Å²) in [6, 6.07) is -1.14. The van der Waals surface area contributed by atoms with Crippen molar-refractivity contribution >= 4 is 16.3 Å². The number of rotatable bonds is 38. The van der Waals surface area contributed by atoms with Gasteiger partial charge in [0.1, 0.15) is 30.5 Å². The van der Waals surface area contributed by atoms with Crippen LogP contribution in [0.5, 0.6) is 0 Å². The fraction of sp³-hybridized carbons (Fsp3) is 0.844. The molecule has 14 heteroatoms. The summed E-state index contributed by atoms with van der Waals surface area (Å²) in [5.74, 6) is -0.720. The minimum atomic E-state index is -5.12. The van der Waals surface area contributed by atoms with Crippen LogP contribution in [0.4, 0.5) is 0 Å². The standard InChI is InChI=1S/C45H83NO12S/c1-3-5-7-9-11-13-14-15-16-17-18-19-20-21-22-23-24-26-28-30-32-34-39(49)44(52)46-37(38(48)33-31-29-27-25-12-10-8-6-4-2)36-56-45-42(51)43(58-59(53,54)55)41(50)40(35-47)57-45/h12,20-21,25,31,33,37-43,45,47-51H,3-11,13-19,22-24,26-30,32,34-36H2,1-2H3,(H,46,52)(H,53,54,55)/b21-20-,25-12+,33-31+. The van der Waals surface area contributed by atoms with E-state index in [9.17, 15) is 38.7 Å². The first kappa shape index (κ1) is 55.3. The third kappa shape index (κ3) is 28.5. The molecule has 1 fully saturated rings. The van der Waals surface area contributed by atoms with Gasteiger partial charge in [0, 0.05) is 0 Å². The zero-order valence-corrected chi connectivity index (χ0v) is 37.2. The SMILES string of the molecule is CCCCC/C=C/CC/C=C/C(O)C(COC1OC(CO)C(O)C(OS(=O)(=O)O)C1O)NC(=O)C(O)CCCCCCCC/C=C\CCCCCCCCCCCCC. The van der Waals surface area contributed by atoms with Crippen LogP contribution in [0.2, 0.25) is 0 Å². The molecule has 0 radical (unpaired) electrons. The summed E-state index contributed by atoms with van der Waals surface area (Å²) >= 11 is 0. The van der Waals surface area contributed by atoms with E-state index in [0.29, 0.717) is 12.8 Å². The van der Waals surface area contributed by atoms with Crippen molar-refractivity contribution < 1.29 is 57.0 Å². The molecule has 1 amide bonds. The fourth-order valence-electron chi connectivity index (χ4n) is 7.06. The van der Waals surface area contributed by atoms with Crippen molar-refractivity contribution in [2.45, 2.75) is 230 Å². The monoisotopic (exact) mass is 862 g/mol. The Bertz CT molecular complexity index is 1220. The Kier molecular flexibility index (Phi) is 33.6. The number of aliphatic hydroxyl groups excluding tert-OH is 5. The Morgan fingerprint density at radius 1 is 0.678 bits per heavy atom. The number of allylic oxidation sites excluding steroid dienone is 5. The van der Waals surface area contributed by atoms with E-state index < -0.39 is 78.5 Å². The van der Waals surface area contributed by atoms with Crippen LogP contribution in [-0.2, 0) is 28.9 Å². The number of carbonyl (C=O) groups is 1. The Balaban J connectivity index is 2.49. The summed E-state index contributed by atoms with van der Waals surface area (Å²) < 4.78 is 47.3. The van der Waals surface area contributed by atoms with Crippen LogP contribution in [0.3, 0.4) is 0 Å². The lowest BCUT2D eigenvalue weighted by Crippen LogP contribution is -2.61. The lowest BCUT2D eigenvalue weighted by molar-refractivity contribution is -0.298. The smallest absolute Gasteiger partial charge is 0.394 e. The Labute approximate surface area is 357 Å². The van der Waals surface area contributed by atoms with Crippen molar-refractivity contribution in [3.8, 4) is 0 Å². The molecule has 0 aromatic rings. The number of hydrogen-bond acceptors (Lipinski definition) is 11. The predicted octanol–water partition coefficient (Wildman–Crippen LogP) is 7.69. The molecule has 8 atom stereocenters. The van der Waals surface area contributed by atoms with Gasteiger partial charge >= 0.3 is 10.4 Å². The van der Waals surface area contributed by atoms with Crippen LogP contribution in [0.1, 0.15) is 181 Å². The Morgan fingerprint density at radius 2 is 1.14 bits per heavy atom. The summed E-state index contributed by atoms with van der Waals surface area (Å²) in [5, 5.41) is 55.0. The highest BCUT2D eigenvalue weighted by Crippen LogP contribution is 2.26. The molecule has 0 aliphatic carbocycles. The number of hydrogen-bond donors (Lipinski definition) is 7. The maximum absolute atomic E-state index is 13.1. The van der Waals surface area contributed by atoms with Gasteiger partial charge in [0.05, 0.1) is 25.4 Å². The van der Waals surface area contributed by atoms with Crippen molar-refractivity contribution in [2.24, 2.45) is 0 Å². The highest BCUT2D eigenvalue weighted by molar-refractivity contribution is 7.80. The van der Waals surface area contributed by atoms with Crippen molar-refractivity contribution in [1.82, 2.24) is 5.32 Å². The first-order chi connectivity index (χ1) is 28.4. The van der Waals surface area contributed by atoms with E-state index >= 15 is 0 Å². The summed E-state index contributed by atoms with van der Waals surface area (Å²) in [4.78, 5) is 13.1. The minimum Gasteiger partial charge on any atom is -0.394 e. The average Bonchev–Trinajstić information content (AvgIpc) is 3.20. The van der Waals surface area contributed by atoms with E-state index in [4.69, 9.17) is 14.0 Å². The lowest BCUT2D eigenvalue weighted by Gasteiger charge is -2.41. The third-order valence-electron chi connectivity index (χ3n) is 10.8. The van der Waals surface area contributed by atoms with Gasteiger partial charge in [-0.1, -0.05) is 159 Å². The second-order valence-corrected chi connectivity index (χ2v) is 17.2. The number of unbranched alkanes of at least 4 members (excludes halogenated alkanes) is 21. The summed E-state index contributed by atoms with van der Waals surface area (Å²) in [6.07, 6.45) is 29.7. The van der Waals surface area contributed by atoms with Gasteiger partial charge in [0.15, 0.2) is 6.29 Å². The molecule has 8 unspecified atom stereocenters. The molecule has 1 heterocycles. The molecule has 59 heavy (non-hydrogen) atoms. The van der Waals surface area contributed by atoms with Crippen molar-refractivity contribution in [3.63, 3.8) is 0 Å². The van der Waals surface area contributed by atoms with Crippen LogP contribution >= 0.6 is 0 Å². The normalized spacial score (nSPS) is 21.8. The van der Waals surface area contributed by atoms with E-state index in [1.54, 1.807) is 6.08 Å². The third-order valence-corrected chi connectivity index (χ3v) is 11.2. The van der Waals surface area contributed by atoms with E-state index in [1.165, 1.54) is 83.1 Å². The van der Waals surface area contributed by atoms with Crippen LogP contribution < -0.4 is 5.32 Å². The quantitative estimate of drug-likeness (QED) is 0.0181. The Hall–Kier alpha value is -1.72. The Morgan fingerprint density at radius 3 is 1.66 bits per heavy atom. The topological polar surface area (TPSA) is 212 Å². The molecule has 0 bridgehead atoms. The second-order valence-electron chi connectivity index (χ2n) is 16.1. The van der Waals surface area contributed by atoms with Gasteiger partial charge in [-0.2, -0.15) is 8.42 Å². The highest BCUT2D eigenvalue weighted by Gasteiger charge is 2.48. The molecule has 0 spiro atoms. The maximum Gasteiger partial charge on any atom is 0.397 e. The second kappa shape index (κ2) is 35.8. The molecule has 1 aliphatic heterocycles. The van der Waals surface area contributed by atoms with Gasteiger partial charge in [-0.25, -0.2) is 4.18 Å².